The molecule has 0 fully saturated rings. The molecule has 190 valence electrons. The van der Waals surface area contributed by atoms with Gasteiger partial charge >= 0.3 is 0 Å². The summed E-state index contributed by atoms with van der Waals surface area (Å²) < 4.78 is 0. The molecular formula is C26H26Cl5N5. The molecule has 6 heterocycles. The summed E-state index contributed by atoms with van der Waals surface area (Å²) in [6, 6.07) is 14.6. The lowest BCUT2D eigenvalue weighted by molar-refractivity contribution is 0.506. The van der Waals surface area contributed by atoms with Gasteiger partial charge in [0, 0.05) is 41.2 Å². The molecule has 3 aromatic heterocycles. The highest BCUT2D eigenvalue weighted by Crippen LogP contribution is 2.27. The van der Waals surface area contributed by atoms with Crippen LogP contribution in [-0.4, -0.2) is 38.4 Å². The zero-order valence-corrected chi connectivity index (χ0v) is 23.3. The number of nitrogens with one attached hydrogen (secondary N) is 2. The number of likely N-dealkylation sites (N-methyl/N-ethyl adjacent to an activating group) is 1. The zero-order valence-electron chi connectivity index (χ0n) is 19.2. The van der Waals surface area contributed by atoms with Gasteiger partial charge in [-0.05, 0) is 84.6 Å². The summed E-state index contributed by atoms with van der Waals surface area (Å²) in [5.74, 6) is 0. The number of nitrogens with zero attached hydrogens (tertiary/aromatic N) is 3. The second kappa shape index (κ2) is 13.0. The Kier molecular flexibility index (Phi) is 11.4. The largest absolute Gasteiger partial charge is 0.377 e. The van der Waals surface area contributed by atoms with Gasteiger partial charge in [0.2, 0.25) is 0 Å². The fourth-order valence-electron chi connectivity index (χ4n) is 4.04. The molecule has 36 heavy (non-hydrogen) atoms. The molecule has 0 spiro atoms. The maximum Gasteiger partial charge on any atom is 0.0658 e. The Hall–Kier alpha value is -2.67. The third-order valence-corrected chi connectivity index (χ3v) is 5.59. The standard InChI is InChI=1S/C26H21N5.5ClH/c1-31-10-8-17(9-11-31)25-15-24-14-22-5-4-20(28-22)12-18-2-3-19(27-18)13-21-6-7-23(29-21)16-26(25)30-24;;;;;/h2-10,12-16,27,30H,11H2,1H3;5*1H. The van der Waals surface area contributed by atoms with Gasteiger partial charge in [0.25, 0.3) is 0 Å². The Morgan fingerprint density at radius 1 is 0.639 bits per heavy atom. The summed E-state index contributed by atoms with van der Waals surface area (Å²) in [4.78, 5) is 18.7. The lowest BCUT2D eigenvalue weighted by Crippen LogP contribution is -2.13. The van der Waals surface area contributed by atoms with E-state index in [4.69, 9.17) is 9.97 Å². The average Bonchev–Trinajstić information content (AvgIpc) is 3.54. The van der Waals surface area contributed by atoms with Crippen molar-refractivity contribution < 1.29 is 0 Å². The Morgan fingerprint density at radius 2 is 1.17 bits per heavy atom. The molecule has 5 nitrogen and oxygen atoms in total. The number of H-pyrrole nitrogens is 2. The minimum absolute atomic E-state index is 0. The van der Waals surface area contributed by atoms with Crippen LogP contribution in [0.15, 0.2) is 60.8 Å². The van der Waals surface area contributed by atoms with Crippen LogP contribution in [0.1, 0.15) is 28.3 Å². The summed E-state index contributed by atoms with van der Waals surface area (Å²) in [6.07, 6.45) is 14.7. The minimum Gasteiger partial charge on any atom is -0.377 e. The third kappa shape index (κ3) is 6.55. The van der Waals surface area contributed by atoms with E-state index in [0.29, 0.717) is 0 Å². The molecule has 0 saturated carbocycles. The van der Waals surface area contributed by atoms with Crippen molar-refractivity contribution in [1.29, 1.82) is 0 Å². The van der Waals surface area contributed by atoms with Crippen molar-refractivity contribution in [3.8, 4) is 0 Å². The van der Waals surface area contributed by atoms with Crippen LogP contribution in [0.3, 0.4) is 0 Å². The average molecular weight is 586 g/mol. The molecule has 2 N–H and O–H groups in total. The molecule has 6 rings (SSSR count). The first-order chi connectivity index (χ1) is 15.2. The number of fused-ring (bicyclic) bond motifs is 8. The highest BCUT2D eigenvalue weighted by atomic mass is 35.5. The van der Waals surface area contributed by atoms with Crippen LogP contribution in [0.5, 0.6) is 0 Å². The normalized spacial score (nSPS) is 12.8. The quantitative estimate of drug-likeness (QED) is 0.213. The second-order valence-corrected chi connectivity index (χ2v) is 8.00. The van der Waals surface area contributed by atoms with Crippen LogP contribution >= 0.6 is 62.0 Å². The van der Waals surface area contributed by atoms with E-state index in [1.165, 1.54) is 11.1 Å². The highest BCUT2D eigenvalue weighted by molar-refractivity contribution is 5.89. The summed E-state index contributed by atoms with van der Waals surface area (Å²) >= 11 is 0. The Bertz CT molecular complexity index is 1500. The van der Waals surface area contributed by atoms with Gasteiger partial charge in [-0.25, -0.2) is 9.97 Å². The molecule has 10 heteroatoms. The van der Waals surface area contributed by atoms with Gasteiger partial charge in [0.1, 0.15) is 0 Å². The fourth-order valence-corrected chi connectivity index (χ4v) is 4.04. The monoisotopic (exact) mass is 583 g/mol. The molecule has 0 amide bonds. The zero-order chi connectivity index (χ0) is 20.8. The Labute approximate surface area is 240 Å². The Balaban J connectivity index is 0.00000130. The number of allylic oxidation sites excluding steroid dienone is 2. The molecule has 0 unspecified atom stereocenters. The van der Waals surface area contributed by atoms with Crippen molar-refractivity contribution in [2.75, 3.05) is 13.6 Å². The number of hydrogen-bond acceptors (Lipinski definition) is 3. The number of halogens is 5. The van der Waals surface area contributed by atoms with Gasteiger partial charge in [0.15, 0.2) is 0 Å². The van der Waals surface area contributed by atoms with Crippen LogP contribution in [-0.2, 0) is 0 Å². The molecule has 3 aromatic rings. The molecule has 3 aliphatic rings. The molecule has 8 bridgehead atoms. The molecule has 0 aromatic carbocycles. The smallest absolute Gasteiger partial charge is 0.0658 e. The second-order valence-electron chi connectivity index (χ2n) is 8.00. The summed E-state index contributed by atoms with van der Waals surface area (Å²) in [5, 5.41) is 0. The first kappa shape index (κ1) is 31.4. The van der Waals surface area contributed by atoms with E-state index in [0.717, 1.165) is 51.4 Å². The van der Waals surface area contributed by atoms with Gasteiger partial charge in [-0.3, -0.25) is 0 Å². The van der Waals surface area contributed by atoms with Crippen molar-refractivity contribution in [2.24, 2.45) is 0 Å². The van der Waals surface area contributed by atoms with E-state index < -0.39 is 0 Å². The maximum atomic E-state index is 4.79. The van der Waals surface area contributed by atoms with Crippen molar-refractivity contribution in [3.63, 3.8) is 0 Å². The van der Waals surface area contributed by atoms with Gasteiger partial charge in [-0.15, -0.1) is 62.0 Å². The molecule has 0 atom stereocenters. The Morgan fingerprint density at radius 3 is 1.69 bits per heavy atom. The van der Waals surface area contributed by atoms with Crippen molar-refractivity contribution in [2.45, 2.75) is 0 Å². The van der Waals surface area contributed by atoms with Crippen molar-refractivity contribution in [1.82, 2.24) is 24.8 Å². The number of hydrogen-bond donors (Lipinski definition) is 2. The fraction of sp³-hybridized carbons (Fsp3) is 0.0769. The van der Waals surface area contributed by atoms with Gasteiger partial charge in [-0.2, -0.15) is 0 Å². The number of aromatic nitrogens is 4. The van der Waals surface area contributed by atoms with E-state index in [1.807, 2.05) is 18.2 Å². The first-order valence-electron chi connectivity index (χ1n) is 10.4. The summed E-state index contributed by atoms with van der Waals surface area (Å²) in [6.45, 7) is 0.894. The van der Waals surface area contributed by atoms with E-state index >= 15 is 0 Å². The SMILES string of the molecule is CN1C=CC(c2cc3cc4nc(cc5ccc(cc6nc(cc2[nH]3)C=C6)[nH]5)C=C4)=CC1.Cl.Cl.Cl.Cl.Cl. The third-order valence-electron chi connectivity index (χ3n) is 5.59. The van der Waals surface area contributed by atoms with Crippen LogP contribution in [0.25, 0.3) is 51.9 Å². The van der Waals surface area contributed by atoms with E-state index in [1.54, 1.807) is 0 Å². The van der Waals surface area contributed by atoms with Gasteiger partial charge in [0.05, 0.1) is 22.8 Å². The van der Waals surface area contributed by atoms with Gasteiger partial charge in [-0.1, -0.05) is 6.08 Å². The van der Waals surface area contributed by atoms with E-state index in [9.17, 15) is 0 Å². The molecule has 0 radical (unpaired) electrons. The number of aromatic amines is 2. The topological polar surface area (TPSA) is 60.6 Å². The van der Waals surface area contributed by atoms with Crippen LogP contribution in [0.2, 0.25) is 0 Å². The molecular weight excluding hydrogens is 560 g/mol. The lowest BCUT2D eigenvalue weighted by atomic mass is 10.0. The van der Waals surface area contributed by atoms with Crippen LogP contribution < -0.4 is 0 Å². The van der Waals surface area contributed by atoms with Gasteiger partial charge < -0.3 is 14.9 Å². The minimum atomic E-state index is 0. The van der Waals surface area contributed by atoms with Crippen LogP contribution in [0, 0.1) is 0 Å². The van der Waals surface area contributed by atoms with E-state index in [2.05, 4.69) is 88.8 Å². The predicted molar refractivity (Wildman–Crippen MR) is 165 cm³/mol. The lowest BCUT2D eigenvalue weighted by Gasteiger charge is -2.16. The maximum absolute atomic E-state index is 4.79. The molecule has 0 saturated heterocycles. The first-order valence-corrected chi connectivity index (χ1v) is 10.4. The molecule has 3 aliphatic heterocycles. The predicted octanol–water partition coefficient (Wildman–Crippen LogP) is 7.61. The molecule has 0 aliphatic carbocycles. The van der Waals surface area contributed by atoms with Crippen molar-refractivity contribution in [3.05, 3.63) is 89.2 Å². The number of rotatable bonds is 1. The van der Waals surface area contributed by atoms with Crippen molar-refractivity contribution >= 4 is 114 Å². The summed E-state index contributed by atoms with van der Waals surface area (Å²) in [5.41, 5.74) is 10.2. The summed E-state index contributed by atoms with van der Waals surface area (Å²) in [7, 11) is 2.08. The highest BCUT2D eigenvalue weighted by Gasteiger charge is 2.10. The van der Waals surface area contributed by atoms with E-state index in [-0.39, 0.29) is 62.0 Å². The van der Waals surface area contributed by atoms with Crippen LogP contribution in [0.4, 0.5) is 0 Å².